The van der Waals surface area contributed by atoms with E-state index in [-0.39, 0.29) is 30.2 Å². The number of rotatable bonds is 9. The van der Waals surface area contributed by atoms with Crippen molar-refractivity contribution in [3.05, 3.63) is 76.0 Å². The molecule has 2 aromatic heterocycles. The number of carbonyl (C=O) groups excluding carboxylic acids is 2. The molecular weight excluding hydrogens is 465 g/mol. The van der Waals surface area contributed by atoms with Crippen LogP contribution in [-0.4, -0.2) is 30.8 Å². The zero-order valence-corrected chi connectivity index (χ0v) is 20.9. The van der Waals surface area contributed by atoms with Crippen molar-refractivity contribution in [1.82, 2.24) is 4.98 Å². The largest absolute Gasteiger partial charge is 0.493 e. The minimum absolute atomic E-state index is 0.0325. The van der Waals surface area contributed by atoms with Crippen LogP contribution in [0.4, 0.5) is 4.39 Å². The summed E-state index contributed by atoms with van der Waals surface area (Å²) in [7, 11) is 3.03. The van der Waals surface area contributed by atoms with Gasteiger partial charge in [-0.25, -0.2) is 9.37 Å². The van der Waals surface area contributed by atoms with Gasteiger partial charge in [0.15, 0.2) is 23.1 Å². The Bertz CT molecular complexity index is 1430. The zero-order chi connectivity index (χ0) is 25.1. The molecule has 0 aliphatic rings. The van der Waals surface area contributed by atoms with Crippen LogP contribution in [0.15, 0.2) is 48.5 Å². The van der Waals surface area contributed by atoms with Crippen LogP contribution in [0.3, 0.4) is 0 Å². The first kappa shape index (κ1) is 24.5. The monoisotopic (exact) mass is 491 g/mol. The highest BCUT2D eigenvalue weighted by atomic mass is 32.1. The first-order valence-electron chi connectivity index (χ1n) is 11.3. The van der Waals surface area contributed by atoms with Crippen molar-refractivity contribution in [3.8, 4) is 22.8 Å². The van der Waals surface area contributed by atoms with Crippen molar-refractivity contribution in [2.45, 2.75) is 33.1 Å². The van der Waals surface area contributed by atoms with E-state index in [1.165, 1.54) is 31.6 Å². The van der Waals surface area contributed by atoms with E-state index >= 15 is 0 Å². The van der Waals surface area contributed by atoms with Crippen LogP contribution in [0, 0.1) is 12.7 Å². The lowest BCUT2D eigenvalue weighted by molar-refractivity contribution is 0.0915. The number of Topliss-reactive ketones (excluding diaryl/α,β-unsaturated/α-hetero) is 2. The summed E-state index contributed by atoms with van der Waals surface area (Å²) in [6.07, 6.45) is 0.800. The van der Waals surface area contributed by atoms with Gasteiger partial charge in [0.2, 0.25) is 0 Å². The Morgan fingerprint density at radius 1 is 0.971 bits per heavy atom. The summed E-state index contributed by atoms with van der Waals surface area (Å²) in [4.78, 5) is 31.4. The average molecular weight is 492 g/mol. The summed E-state index contributed by atoms with van der Waals surface area (Å²) >= 11 is 1.38. The number of hydrogen-bond donors (Lipinski definition) is 0. The molecule has 4 aromatic rings. The molecule has 4 rings (SSSR count). The number of nitrogens with zero attached hydrogens (tertiary/aromatic N) is 1. The van der Waals surface area contributed by atoms with E-state index in [1.54, 1.807) is 30.3 Å². The number of thiophene rings is 1. The maximum absolute atomic E-state index is 14.3. The minimum Gasteiger partial charge on any atom is -0.493 e. The maximum Gasteiger partial charge on any atom is 0.181 e. The Kier molecular flexibility index (Phi) is 7.26. The van der Waals surface area contributed by atoms with Gasteiger partial charge in [-0.05, 0) is 55.3 Å². The molecule has 0 aliphatic heterocycles. The van der Waals surface area contributed by atoms with Gasteiger partial charge < -0.3 is 9.47 Å². The van der Waals surface area contributed by atoms with E-state index < -0.39 is 0 Å². The molecule has 180 valence electrons. The van der Waals surface area contributed by atoms with Gasteiger partial charge in [-0.1, -0.05) is 19.1 Å². The molecule has 0 N–H and O–H groups in total. The van der Waals surface area contributed by atoms with Gasteiger partial charge in [-0.3, -0.25) is 9.59 Å². The van der Waals surface area contributed by atoms with E-state index in [4.69, 9.17) is 9.47 Å². The van der Waals surface area contributed by atoms with Crippen molar-refractivity contribution in [2.24, 2.45) is 0 Å². The van der Waals surface area contributed by atoms with E-state index in [2.05, 4.69) is 4.98 Å². The second-order valence-electron chi connectivity index (χ2n) is 8.17. The number of fused-ring (bicyclic) bond motifs is 1. The summed E-state index contributed by atoms with van der Waals surface area (Å²) < 4.78 is 25.4. The second kappa shape index (κ2) is 10.4. The molecule has 0 bridgehead atoms. The third-order valence-electron chi connectivity index (χ3n) is 5.96. The van der Waals surface area contributed by atoms with Crippen molar-refractivity contribution in [1.29, 1.82) is 0 Å². The summed E-state index contributed by atoms with van der Waals surface area (Å²) in [5.74, 6) is 0.351. The van der Waals surface area contributed by atoms with Crippen LogP contribution < -0.4 is 9.47 Å². The molecule has 35 heavy (non-hydrogen) atoms. The zero-order valence-electron chi connectivity index (χ0n) is 20.1. The number of hydrogen-bond acceptors (Lipinski definition) is 6. The Morgan fingerprint density at radius 3 is 2.43 bits per heavy atom. The number of ether oxygens (including phenoxy) is 2. The molecule has 0 aliphatic carbocycles. The fourth-order valence-corrected chi connectivity index (χ4v) is 5.16. The molecule has 2 heterocycles. The van der Waals surface area contributed by atoms with Crippen molar-refractivity contribution in [3.63, 3.8) is 0 Å². The first-order valence-corrected chi connectivity index (χ1v) is 12.1. The minimum atomic E-state index is -0.265. The van der Waals surface area contributed by atoms with Gasteiger partial charge in [0.25, 0.3) is 0 Å². The first-order chi connectivity index (χ1) is 16.9. The molecule has 0 fully saturated rings. The van der Waals surface area contributed by atoms with E-state index in [0.29, 0.717) is 33.2 Å². The van der Waals surface area contributed by atoms with E-state index in [1.807, 2.05) is 26.0 Å². The van der Waals surface area contributed by atoms with Gasteiger partial charge in [-0.2, -0.15) is 0 Å². The van der Waals surface area contributed by atoms with Gasteiger partial charge in [0.1, 0.15) is 11.5 Å². The topological polar surface area (TPSA) is 65.5 Å². The second-order valence-corrected chi connectivity index (χ2v) is 9.39. The fraction of sp³-hybridized carbons (Fsp3) is 0.250. The van der Waals surface area contributed by atoms with Crippen molar-refractivity contribution in [2.75, 3.05) is 14.2 Å². The molecule has 0 saturated heterocycles. The number of benzene rings is 2. The molecule has 5 nitrogen and oxygen atoms in total. The SMILES string of the molecule is CCc1cc(C(=O)CCC(=O)c2ccc(OC)c(OC)c2)nc(-c2c(C)sc3c(F)cccc23)c1. The Morgan fingerprint density at radius 2 is 1.71 bits per heavy atom. The van der Waals surface area contributed by atoms with Crippen LogP contribution in [0.2, 0.25) is 0 Å². The molecule has 0 unspecified atom stereocenters. The lowest BCUT2D eigenvalue weighted by Crippen LogP contribution is -2.08. The van der Waals surface area contributed by atoms with Gasteiger partial charge >= 0.3 is 0 Å². The highest BCUT2D eigenvalue weighted by Gasteiger charge is 2.19. The Labute approximate surface area is 207 Å². The van der Waals surface area contributed by atoms with Crippen LogP contribution in [0.5, 0.6) is 11.5 Å². The van der Waals surface area contributed by atoms with Gasteiger partial charge in [-0.15, -0.1) is 11.3 Å². The highest BCUT2D eigenvalue weighted by Crippen LogP contribution is 2.39. The molecule has 0 spiro atoms. The summed E-state index contributed by atoms with van der Waals surface area (Å²) in [5, 5.41) is 0.787. The van der Waals surface area contributed by atoms with Crippen molar-refractivity contribution < 1.29 is 23.5 Å². The normalized spacial score (nSPS) is 11.0. The predicted molar refractivity (Wildman–Crippen MR) is 137 cm³/mol. The van der Waals surface area contributed by atoms with Gasteiger partial charge in [0.05, 0.1) is 24.6 Å². The number of aromatic nitrogens is 1. The number of aryl methyl sites for hydroxylation is 2. The van der Waals surface area contributed by atoms with E-state index in [9.17, 15) is 14.0 Å². The summed E-state index contributed by atoms with van der Waals surface area (Å²) in [6, 6.07) is 13.7. The maximum atomic E-state index is 14.3. The summed E-state index contributed by atoms with van der Waals surface area (Å²) in [5.41, 5.74) is 3.21. The molecule has 2 aromatic carbocycles. The van der Waals surface area contributed by atoms with Crippen LogP contribution in [0.1, 0.15) is 51.1 Å². The standard InChI is InChI=1S/C28H26FNO4S/c1-5-17-13-21(24(32)11-10-23(31)18-9-12-25(33-3)26(15-18)34-4)30-22(14-17)27-16(2)35-28-19(27)7-6-8-20(28)29/h6-9,12-15H,5,10-11H2,1-4H3. The highest BCUT2D eigenvalue weighted by molar-refractivity contribution is 7.19. The summed E-state index contributed by atoms with van der Waals surface area (Å²) in [6.45, 7) is 3.94. The predicted octanol–water partition coefficient (Wildman–Crippen LogP) is 6.84. The molecule has 0 amide bonds. The molecule has 7 heteroatoms. The van der Waals surface area contributed by atoms with Gasteiger partial charge in [0, 0.05) is 34.2 Å². The molecule has 0 radical (unpaired) electrons. The quantitative estimate of drug-likeness (QED) is 0.240. The fourth-order valence-electron chi connectivity index (χ4n) is 4.09. The third-order valence-corrected chi connectivity index (χ3v) is 7.09. The van der Waals surface area contributed by atoms with Crippen LogP contribution >= 0.6 is 11.3 Å². The number of carbonyl (C=O) groups is 2. The Balaban J connectivity index is 1.60. The lowest BCUT2D eigenvalue weighted by atomic mass is 10.0. The number of ketones is 2. The molecule has 0 saturated carbocycles. The molecule has 0 atom stereocenters. The smallest absolute Gasteiger partial charge is 0.181 e. The number of methoxy groups -OCH3 is 2. The average Bonchev–Trinajstić information content (AvgIpc) is 3.23. The van der Waals surface area contributed by atoms with E-state index in [0.717, 1.165) is 27.8 Å². The number of pyridine rings is 1. The number of halogens is 1. The molecular formula is C28H26FNO4S. The lowest BCUT2D eigenvalue weighted by Gasteiger charge is -2.10. The van der Waals surface area contributed by atoms with Crippen LogP contribution in [-0.2, 0) is 6.42 Å². The Hall–Kier alpha value is -3.58. The van der Waals surface area contributed by atoms with Crippen molar-refractivity contribution >= 4 is 33.0 Å². The van der Waals surface area contributed by atoms with Crippen LogP contribution in [0.25, 0.3) is 21.3 Å². The third kappa shape index (κ3) is 4.95.